The van der Waals surface area contributed by atoms with Crippen LogP contribution in [0, 0.1) is 17.1 Å². The number of fused-ring (bicyclic) bond motifs is 1. The molecule has 0 radical (unpaired) electrons. The number of nitrogens with zero attached hydrogens (tertiary/aromatic N) is 3. The second-order valence-electron chi connectivity index (χ2n) is 6.07. The number of rotatable bonds is 2. The summed E-state index contributed by atoms with van der Waals surface area (Å²) in [5, 5.41) is 9.08. The van der Waals surface area contributed by atoms with Crippen LogP contribution in [-0.4, -0.2) is 30.5 Å². The van der Waals surface area contributed by atoms with Crippen LogP contribution in [0.15, 0.2) is 35.3 Å². The van der Waals surface area contributed by atoms with Gasteiger partial charge in [-0.25, -0.2) is 9.18 Å². The molecule has 2 aromatic rings. The average molecular weight is 367 g/mol. The number of methoxy groups -OCH3 is 1. The molecule has 7 nitrogen and oxygen atoms in total. The number of aliphatic imine (C=N–C) groups is 1. The zero-order valence-corrected chi connectivity index (χ0v) is 14.7. The van der Waals surface area contributed by atoms with E-state index >= 15 is 0 Å². The lowest BCUT2D eigenvalue weighted by Crippen LogP contribution is -2.37. The third kappa shape index (κ3) is 3.53. The highest BCUT2D eigenvalue weighted by Crippen LogP contribution is 2.37. The number of hydrogen-bond acceptors (Lipinski definition) is 3. The third-order valence-corrected chi connectivity index (χ3v) is 4.47. The fourth-order valence-electron chi connectivity index (χ4n) is 3.21. The Labute approximate surface area is 155 Å². The van der Waals surface area contributed by atoms with Gasteiger partial charge in [-0.05, 0) is 47.4 Å². The van der Waals surface area contributed by atoms with E-state index in [9.17, 15) is 9.18 Å². The van der Waals surface area contributed by atoms with Gasteiger partial charge in [0.2, 0.25) is 0 Å². The average Bonchev–Trinajstić information content (AvgIpc) is 2.67. The minimum absolute atomic E-state index is 0.168. The molecule has 3 rings (SSSR count). The molecule has 2 amide bonds. The van der Waals surface area contributed by atoms with E-state index in [1.54, 1.807) is 24.3 Å². The molecule has 0 aliphatic carbocycles. The van der Waals surface area contributed by atoms with Gasteiger partial charge in [0.05, 0.1) is 18.7 Å². The summed E-state index contributed by atoms with van der Waals surface area (Å²) in [7, 11) is 1.50. The van der Waals surface area contributed by atoms with Crippen LogP contribution in [0.4, 0.5) is 9.18 Å². The fourth-order valence-corrected chi connectivity index (χ4v) is 3.21. The summed E-state index contributed by atoms with van der Waals surface area (Å²) in [4.78, 5) is 17.2. The number of nitriles is 1. The summed E-state index contributed by atoms with van der Waals surface area (Å²) in [6.45, 7) is 0.481. The van der Waals surface area contributed by atoms with E-state index in [4.69, 9.17) is 21.5 Å². The van der Waals surface area contributed by atoms with Gasteiger partial charge in [0.25, 0.3) is 0 Å². The van der Waals surface area contributed by atoms with Crippen molar-refractivity contribution in [1.82, 2.24) is 4.90 Å². The summed E-state index contributed by atoms with van der Waals surface area (Å²) in [6.07, 6.45) is 0.347. The van der Waals surface area contributed by atoms with Gasteiger partial charge in [-0.2, -0.15) is 10.3 Å². The first-order valence-corrected chi connectivity index (χ1v) is 8.22. The van der Waals surface area contributed by atoms with Crippen LogP contribution in [0.3, 0.4) is 0 Å². The van der Waals surface area contributed by atoms with Crippen molar-refractivity contribution in [3.63, 3.8) is 0 Å². The Morgan fingerprint density at radius 2 is 2.00 bits per heavy atom. The molecule has 4 N–H and O–H groups in total. The van der Waals surface area contributed by atoms with Crippen LogP contribution in [-0.2, 0) is 13.0 Å². The fraction of sp³-hybridized carbons (Fsp3) is 0.211. The summed E-state index contributed by atoms with van der Waals surface area (Å²) in [6, 6.07) is 9.58. The molecule has 0 saturated carbocycles. The van der Waals surface area contributed by atoms with Crippen LogP contribution in [0.25, 0.3) is 11.1 Å². The van der Waals surface area contributed by atoms with Crippen molar-refractivity contribution in [1.29, 1.82) is 5.26 Å². The van der Waals surface area contributed by atoms with E-state index in [-0.39, 0.29) is 18.3 Å². The Bertz CT molecular complexity index is 977. The Morgan fingerprint density at radius 3 is 2.67 bits per heavy atom. The smallest absolute Gasteiger partial charge is 0.347 e. The summed E-state index contributed by atoms with van der Waals surface area (Å²) < 4.78 is 19.8. The minimum Gasteiger partial charge on any atom is -0.496 e. The number of halogens is 1. The highest BCUT2D eigenvalue weighted by Gasteiger charge is 2.26. The highest BCUT2D eigenvalue weighted by molar-refractivity contribution is 5.90. The monoisotopic (exact) mass is 367 g/mol. The zero-order chi connectivity index (χ0) is 19.6. The second kappa shape index (κ2) is 7.33. The second-order valence-corrected chi connectivity index (χ2v) is 6.07. The number of nitrogens with two attached hydrogens (primary N) is 2. The number of hydrogen-bond donors (Lipinski definition) is 2. The summed E-state index contributed by atoms with van der Waals surface area (Å²) in [5.74, 6) is -0.148. The molecule has 1 heterocycles. The number of ether oxygens (including phenoxy) is 1. The molecule has 0 atom stereocenters. The van der Waals surface area contributed by atoms with E-state index in [2.05, 4.69) is 11.1 Å². The third-order valence-electron chi connectivity index (χ3n) is 4.47. The molecule has 0 spiro atoms. The standard InChI is InChI=1S/C19H18FN5O2/c1-27-17-8-11(9-21)2-3-14(17)12-4-5-16(20)13-6-7-25(10-15(12)13)19(26)24-18(22)23/h2-5,8H,6-7,10H2,1H3,(H4,22,23,24,26). The van der Waals surface area contributed by atoms with E-state index < -0.39 is 6.03 Å². The lowest BCUT2D eigenvalue weighted by atomic mass is 9.90. The number of urea groups is 1. The lowest BCUT2D eigenvalue weighted by molar-refractivity contribution is 0.202. The van der Waals surface area contributed by atoms with Crippen molar-refractivity contribution in [3.05, 3.63) is 52.8 Å². The molecule has 0 bridgehead atoms. The Morgan fingerprint density at radius 1 is 1.26 bits per heavy atom. The van der Waals surface area contributed by atoms with E-state index in [0.29, 0.717) is 41.0 Å². The highest BCUT2D eigenvalue weighted by atomic mass is 19.1. The zero-order valence-electron chi connectivity index (χ0n) is 14.7. The van der Waals surface area contributed by atoms with Gasteiger partial charge in [-0.3, -0.25) is 0 Å². The van der Waals surface area contributed by atoms with Crippen molar-refractivity contribution < 1.29 is 13.9 Å². The van der Waals surface area contributed by atoms with Crippen molar-refractivity contribution in [2.45, 2.75) is 13.0 Å². The summed E-state index contributed by atoms with van der Waals surface area (Å²) in [5.41, 5.74) is 13.7. The topological polar surface area (TPSA) is 118 Å². The number of amides is 2. The van der Waals surface area contributed by atoms with Crippen LogP contribution in [0.2, 0.25) is 0 Å². The van der Waals surface area contributed by atoms with Crippen molar-refractivity contribution in [2.75, 3.05) is 13.7 Å². The van der Waals surface area contributed by atoms with Gasteiger partial charge in [-0.15, -0.1) is 0 Å². The maximum Gasteiger partial charge on any atom is 0.347 e. The Balaban J connectivity index is 2.09. The van der Waals surface area contributed by atoms with Gasteiger partial charge >= 0.3 is 6.03 Å². The first kappa shape index (κ1) is 18.2. The molecule has 1 aliphatic rings. The Kier molecular flexibility index (Phi) is 4.94. The Hall–Kier alpha value is -3.60. The van der Waals surface area contributed by atoms with Crippen LogP contribution >= 0.6 is 0 Å². The van der Waals surface area contributed by atoms with Gasteiger partial charge in [0.1, 0.15) is 11.6 Å². The van der Waals surface area contributed by atoms with Gasteiger partial charge in [0.15, 0.2) is 5.96 Å². The number of benzene rings is 2. The SMILES string of the molecule is COc1cc(C#N)ccc1-c1ccc(F)c2c1CN(C(=O)N=C(N)N)CC2. The minimum atomic E-state index is -0.567. The molecule has 8 heteroatoms. The van der Waals surface area contributed by atoms with Gasteiger partial charge in [-0.1, -0.05) is 6.07 Å². The van der Waals surface area contributed by atoms with Crippen LogP contribution in [0.1, 0.15) is 16.7 Å². The lowest BCUT2D eigenvalue weighted by Gasteiger charge is -2.29. The molecule has 2 aromatic carbocycles. The largest absolute Gasteiger partial charge is 0.496 e. The molecule has 138 valence electrons. The quantitative estimate of drug-likeness (QED) is 0.623. The van der Waals surface area contributed by atoms with Crippen molar-refractivity contribution in [2.24, 2.45) is 16.5 Å². The van der Waals surface area contributed by atoms with Gasteiger partial charge < -0.3 is 21.1 Å². The number of carbonyl (C=O) groups is 1. The normalized spacial score (nSPS) is 12.7. The maximum atomic E-state index is 14.4. The van der Waals surface area contributed by atoms with Crippen LogP contribution < -0.4 is 16.2 Å². The van der Waals surface area contributed by atoms with Crippen molar-refractivity contribution in [3.8, 4) is 22.9 Å². The molecule has 1 aliphatic heterocycles. The molecule has 0 unspecified atom stereocenters. The van der Waals surface area contributed by atoms with E-state index in [0.717, 1.165) is 5.56 Å². The molecule has 27 heavy (non-hydrogen) atoms. The van der Waals surface area contributed by atoms with Crippen molar-refractivity contribution >= 4 is 12.0 Å². The molecular weight excluding hydrogens is 349 g/mol. The maximum absolute atomic E-state index is 14.4. The summed E-state index contributed by atoms with van der Waals surface area (Å²) >= 11 is 0. The predicted molar refractivity (Wildman–Crippen MR) is 98.4 cm³/mol. The molecular formula is C19H18FN5O2. The van der Waals surface area contributed by atoms with Crippen LogP contribution in [0.5, 0.6) is 5.75 Å². The first-order chi connectivity index (χ1) is 12.9. The number of guanidine groups is 1. The van der Waals surface area contributed by atoms with E-state index in [1.165, 1.54) is 18.1 Å². The number of carbonyl (C=O) groups excluding carboxylic acids is 1. The van der Waals surface area contributed by atoms with Gasteiger partial charge in [0, 0.05) is 18.7 Å². The molecule has 0 aromatic heterocycles. The first-order valence-electron chi connectivity index (χ1n) is 8.22. The predicted octanol–water partition coefficient (Wildman–Crippen LogP) is 2.12. The molecule has 0 saturated heterocycles. The van der Waals surface area contributed by atoms with E-state index in [1.807, 2.05) is 0 Å². The molecule has 0 fully saturated rings.